The summed E-state index contributed by atoms with van der Waals surface area (Å²) in [6, 6.07) is 3.58. The van der Waals surface area contributed by atoms with Crippen LogP contribution in [0.5, 0.6) is 11.5 Å². The zero-order valence-corrected chi connectivity index (χ0v) is 11.3. The largest absolute Gasteiger partial charge is 0.454 e. The van der Waals surface area contributed by atoms with Gasteiger partial charge in [-0.25, -0.2) is 0 Å². The van der Waals surface area contributed by atoms with Crippen molar-refractivity contribution in [3.8, 4) is 11.5 Å². The van der Waals surface area contributed by atoms with E-state index in [1.165, 1.54) is 0 Å². The fourth-order valence-electron chi connectivity index (χ4n) is 1.74. The average Bonchev–Trinajstić information content (AvgIpc) is 2.70. The summed E-state index contributed by atoms with van der Waals surface area (Å²) in [7, 11) is 0. The van der Waals surface area contributed by atoms with E-state index in [-0.39, 0.29) is 25.4 Å². The lowest BCUT2D eigenvalue weighted by atomic mass is 9.96. The first-order valence-electron chi connectivity index (χ1n) is 6.05. The number of carbonyl (C=O) groups is 1. The Balaban J connectivity index is 0.00000180. The van der Waals surface area contributed by atoms with Crippen LogP contribution in [-0.4, -0.2) is 19.1 Å². The van der Waals surface area contributed by atoms with Crippen LogP contribution in [-0.2, 0) is 0 Å². The summed E-state index contributed by atoms with van der Waals surface area (Å²) in [4.78, 5) is 11.7. The van der Waals surface area contributed by atoms with Crippen molar-refractivity contribution in [1.29, 1.82) is 0 Å². The van der Waals surface area contributed by atoms with Crippen LogP contribution in [0.4, 0.5) is 5.69 Å². The Labute approximate surface area is 115 Å². The topological polar surface area (TPSA) is 47.6 Å². The van der Waals surface area contributed by atoms with Crippen molar-refractivity contribution in [2.45, 2.75) is 35.1 Å². The molecule has 106 valence electrons. The molecule has 0 spiro atoms. The Bertz CT molecular complexity index is 475. The third-order valence-corrected chi connectivity index (χ3v) is 2.70. The van der Waals surface area contributed by atoms with Gasteiger partial charge in [0, 0.05) is 23.9 Å². The Morgan fingerprint density at radius 3 is 2.37 bits per heavy atom. The van der Waals surface area contributed by atoms with Crippen molar-refractivity contribution in [1.82, 2.24) is 0 Å². The molecule has 1 aromatic rings. The molecule has 1 N–H and O–H groups in total. The van der Waals surface area contributed by atoms with Gasteiger partial charge in [0.1, 0.15) is 0 Å². The molecule has 1 aliphatic rings. The van der Waals surface area contributed by atoms with Gasteiger partial charge in [0.2, 0.25) is 6.79 Å². The molecular weight excluding hydrogens is 242 g/mol. The van der Waals surface area contributed by atoms with Crippen LogP contribution in [0.3, 0.4) is 0 Å². The smallest absolute Gasteiger partial charge is 0.231 e. The number of ether oxygens (including phenoxy) is 2. The van der Waals surface area contributed by atoms with Crippen molar-refractivity contribution >= 4 is 11.5 Å². The number of rotatable bonds is 3. The van der Waals surface area contributed by atoms with Crippen LogP contribution in [0.25, 0.3) is 0 Å². The van der Waals surface area contributed by atoms with Gasteiger partial charge in [0.05, 0.1) is 0 Å². The van der Waals surface area contributed by atoms with E-state index in [2.05, 4.69) is 26.1 Å². The fraction of sp³-hybridized carbons (Fsp3) is 0.533. The monoisotopic (exact) mass is 265 g/mol. The summed E-state index contributed by atoms with van der Waals surface area (Å²) in [5.41, 5.74) is 1.59. The minimum Gasteiger partial charge on any atom is -0.454 e. The van der Waals surface area contributed by atoms with Gasteiger partial charge in [-0.3, -0.25) is 4.79 Å². The molecule has 0 fully saturated rings. The molecule has 0 saturated heterocycles. The highest BCUT2D eigenvalue weighted by molar-refractivity contribution is 6.00. The lowest BCUT2D eigenvalue weighted by Crippen LogP contribution is -2.20. The van der Waals surface area contributed by atoms with Crippen LogP contribution < -0.4 is 14.8 Å². The van der Waals surface area contributed by atoms with Gasteiger partial charge in [0.15, 0.2) is 17.3 Å². The average molecular weight is 265 g/mol. The predicted molar refractivity (Wildman–Crippen MR) is 77.2 cm³/mol. The van der Waals surface area contributed by atoms with Gasteiger partial charge in [-0.05, 0) is 18.4 Å². The van der Waals surface area contributed by atoms with Crippen LogP contribution in [0, 0.1) is 5.41 Å². The second-order valence-electron chi connectivity index (χ2n) is 5.72. The number of benzene rings is 1. The molecule has 0 saturated carbocycles. The minimum absolute atomic E-state index is 0. The number of fused-ring (bicyclic) bond motifs is 1. The Kier molecular flexibility index (Phi) is 4.45. The highest BCUT2D eigenvalue weighted by Crippen LogP contribution is 2.37. The summed E-state index contributed by atoms with van der Waals surface area (Å²) in [6.45, 7) is 8.98. The van der Waals surface area contributed by atoms with E-state index >= 15 is 0 Å². The molecule has 4 heteroatoms. The summed E-state index contributed by atoms with van der Waals surface area (Å²) in [6.07, 6.45) is 0. The maximum Gasteiger partial charge on any atom is 0.231 e. The van der Waals surface area contributed by atoms with E-state index in [0.29, 0.717) is 17.1 Å². The van der Waals surface area contributed by atoms with Gasteiger partial charge in [-0.15, -0.1) is 0 Å². The number of Topliss-reactive ketones (excluding diaryl/α,β-unsaturated/α-hetero) is 1. The van der Waals surface area contributed by atoms with Gasteiger partial charge >= 0.3 is 0 Å². The molecule has 0 unspecified atom stereocenters. The number of anilines is 1. The lowest BCUT2D eigenvalue weighted by Gasteiger charge is -2.21. The molecule has 1 aromatic carbocycles. The third-order valence-electron chi connectivity index (χ3n) is 2.70. The third kappa shape index (κ3) is 3.63. The van der Waals surface area contributed by atoms with E-state index in [4.69, 9.17) is 9.47 Å². The van der Waals surface area contributed by atoms with E-state index < -0.39 is 0 Å². The number of hydrogen-bond acceptors (Lipinski definition) is 4. The van der Waals surface area contributed by atoms with Gasteiger partial charge in [-0.1, -0.05) is 28.2 Å². The van der Waals surface area contributed by atoms with Crippen molar-refractivity contribution in [2.24, 2.45) is 5.41 Å². The highest BCUT2D eigenvalue weighted by Gasteiger charge is 2.20. The summed E-state index contributed by atoms with van der Waals surface area (Å²) in [5.74, 6) is 1.35. The Morgan fingerprint density at radius 2 is 1.84 bits per heavy atom. The molecule has 1 heterocycles. The van der Waals surface area contributed by atoms with Crippen LogP contribution >= 0.6 is 0 Å². The minimum atomic E-state index is 0. The van der Waals surface area contributed by atoms with Crippen molar-refractivity contribution < 1.29 is 14.3 Å². The first kappa shape index (κ1) is 15.3. The standard InChI is InChI=1S/C14H19NO3.CH4/c1-9(16)10-5-12-13(18-8-17-12)6-11(10)15-7-14(2,3)4;/h5-6,15H,7-8H2,1-4H3;1H4. The number of hydrogen-bond donors (Lipinski definition) is 1. The second kappa shape index (κ2) is 5.51. The predicted octanol–water partition coefficient (Wildman–Crippen LogP) is 3.71. The fourth-order valence-corrected chi connectivity index (χ4v) is 1.74. The van der Waals surface area contributed by atoms with E-state index in [1.807, 2.05) is 6.07 Å². The zero-order valence-electron chi connectivity index (χ0n) is 11.3. The van der Waals surface area contributed by atoms with E-state index in [9.17, 15) is 4.79 Å². The van der Waals surface area contributed by atoms with Crippen molar-refractivity contribution in [2.75, 3.05) is 18.7 Å². The van der Waals surface area contributed by atoms with Crippen molar-refractivity contribution in [3.63, 3.8) is 0 Å². The van der Waals surface area contributed by atoms with Gasteiger partial charge in [0.25, 0.3) is 0 Å². The SMILES string of the molecule is C.CC(=O)c1cc2c(cc1NCC(C)(C)C)OCO2. The molecule has 0 aromatic heterocycles. The maximum atomic E-state index is 11.7. The van der Waals surface area contributed by atoms with Crippen LogP contribution in [0.2, 0.25) is 0 Å². The molecule has 1 aliphatic heterocycles. The maximum absolute atomic E-state index is 11.7. The molecule has 0 amide bonds. The lowest BCUT2D eigenvalue weighted by molar-refractivity contribution is 0.101. The highest BCUT2D eigenvalue weighted by atomic mass is 16.7. The normalized spacial score (nSPS) is 12.8. The molecule has 0 radical (unpaired) electrons. The molecule has 0 atom stereocenters. The Morgan fingerprint density at radius 1 is 1.26 bits per heavy atom. The van der Waals surface area contributed by atoms with Gasteiger partial charge in [-0.2, -0.15) is 0 Å². The number of nitrogens with one attached hydrogen (secondary N) is 1. The molecule has 19 heavy (non-hydrogen) atoms. The first-order chi connectivity index (χ1) is 8.37. The summed E-state index contributed by atoms with van der Waals surface area (Å²) in [5, 5.41) is 3.31. The molecule has 4 nitrogen and oxygen atoms in total. The molecule has 0 aliphatic carbocycles. The van der Waals surface area contributed by atoms with Gasteiger partial charge < -0.3 is 14.8 Å². The molecular formula is C15H23NO3. The zero-order chi connectivity index (χ0) is 13.3. The second-order valence-corrected chi connectivity index (χ2v) is 5.72. The summed E-state index contributed by atoms with van der Waals surface area (Å²) >= 11 is 0. The Hall–Kier alpha value is -1.71. The van der Waals surface area contributed by atoms with Crippen LogP contribution in [0.1, 0.15) is 45.5 Å². The van der Waals surface area contributed by atoms with E-state index in [0.717, 1.165) is 12.2 Å². The van der Waals surface area contributed by atoms with Crippen LogP contribution in [0.15, 0.2) is 12.1 Å². The number of ketones is 1. The molecule has 2 rings (SSSR count). The first-order valence-corrected chi connectivity index (χ1v) is 6.05. The molecule has 0 bridgehead atoms. The summed E-state index contributed by atoms with van der Waals surface area (Å²) < 4.78 is 10.6. The quantitative estimate of drug-likeness (QED) is 0.846. The number of carbonyl (C=O) groups excluding carboxylic acids is 1. The van der Waals surface area contributed by atoms with E-state index in [1.54, 1.807) is 13.0 Å². The van der Waals surface area contributed by atoms with Crippen molar-refractivity contribution in [3.05, 3.63) is 17.7 Å².